The van der Waals surface area contributed by atoms with E-state index in [1.54, 1.807) is 0 Å². The fourth-order valence-electron chi connectivity index (χ4n) is 2.54. The van der Waals surface area contributed by atoms with Gasteiger partial charge in [-0.2, -0.15) is 0 Å². The van der Waals surface area contributed by atoms with Crippen LogP contribution in [0.4, 0.5) is 0 Å². The van der Waals surface area contributed by atoms with Crippen LogP contribution >= 0.6 is 0 Å². The third-order valence-electron chi connectivity index (χ3n) is 3.33. The lowest BCUT2D eigenvalue weighted by Crippen LogP contribution is -2.51. The van der Waals surface area contributed by atoms with Gasteiger partial charge in [-0.1, -0.05) is 0 Å². The lowest BCUT2D eigenvalue weighted by atomic mass is 9.95. The summed E-state index contributed by atoms with van der Waals surface area (Å²) in [5, 5.41) is 8.83. The van der Waals surface area contributed by atoms with Crippen LogP contribution in [0.5, 0.6) is 0 Å². The molecule has 100 valence electrons. The molecule has 0 aromatic heterocycles. The van der Waals surface area contributed by atoms with E-state index in [-0.39, 0.29) is 18.1 Å². The van der Waals surface area contributed by atoms with Gasteiger partial charge < -0.3 is 9.84 Å². The Labute approximate surface area is 104 Å². The molecule has 2 atom stereocenters. The van der Waals surface area contributed by atoms with E-state index < -0.39 is 5.97 Å². The molecule has 0 aromatic carbocycles. The van der Waals surface area contributed by atoms with Gasteiger partial charge in [0.15, 0.2) is 0 Å². The highest BCUT2D eigenvalue weighted by Gasteiger charge is 2.32. The minimum Gasteiger partial charge on any atom is -0.481 e. The summed E-state index contributed by atoms with van der Waals surface area (Å²) < 4.78 is 5.55. The normalized spacial score (nSPS) is 26.2. The average Bonchev–Trinajstić information content (AvgIpc) is 2.15. The van der Waals surface area contributed by atoms with E-state index in [9.17, 15) is 4.79 Å². The Morgan fingerprint density at radius 1 is 1.47 bits per heavy atom. The maximum atomic E-state index is 10.7. The summed E-state index contributed by atoms with van der Waals surface area (Å²) in [4.78, 5) is 13.0. The van der Waals surface area contributed by atoms with E-state index in [2.05, 4.69) is 32.6 Å². The first-order valence-electron chi connectivity index (χ1n) is 6.41. The Morgan fingerprint density at radius 3 is 2.59 bits per heavy atom. The van der Waals surface area contributed by atoms with Crippen molar-refractivity contribution < 1.29 is 14.6 Å². The van der Waals surface area contributed by atoms with Gasteiger partial charge in [-0.3, -0.25) is 9.69 Å². The van der Waals surface area contributed by atoms with Gasteiger partial charge in [0.2, 0.25) is 0 Å². The third-order valence-corrected chi connectivity index (χ3v) is 3.33. The molecule has 4 nitrogen and oxygen atoms in total. The predicted molar refractivity (Wildman–Crippen MR) is 67.1 cm³/mol. The summed E-state index contributed by atoms with van der Waals surface area (Å²) in [6, 6.07) is 0.443. The standard InChI is InChI=1S/C13H25NO3/c1-10-9-11(6-8-17-10)14(13(2,3)4)7-5-12(15)16/h10-11H,5-9H2,1-4H3,(H,15,16). The smallest absolute Gasteiger partial charge is 0.304 e. The molecule has 0 spiro atoms. The largest absolute Gasteiger partial charge is 0.481 e. The molecular weight excluding hydrogens is 218 g/mol. The van der Waals surface area contributed by atoms with E-state index in [0.717, 1.165) is 19.4 Å². The topological polar surface area (TPSA) is 49.8 Å². The molecule has 4 heteroatoms. The second-order valence-corrected chi connectivity index (χ2v) is 5.87. The Balaban J connectivity index is 2.64. The van der Waals surface area contributed by atoms with E-state index in [1.165, 1.54) is 0 Å². The highest BCUT2D eigenvalue weighted by atomic mass is 16.5. The highest BCUT2D eigenvalue weighted by Crippen LogP contribution is 2.26. The number of hydrogen-bond acceptors (Lipinski definition) is 3. The van der Waals surface area contributed by atoms with Crippen molar-refractivity contribution in [1.82, 2.24) is 4.90 Å². The fourth-order valence-corrected chi connectivity index (χ4v) is 2.54. The minimum atomic E-state index is -0.723. The van der Waals surface area contributed by atoms with Crippen molar-refractivity contribution in [2.24, 2.45) is 0 Å². The molecule has 0 saturated carbocycles. The van der Waals surface area contributed by atoms with Gasteiger partial charge in [-0.05, 0) is 40.5 Å². The van der Waals surface area contributed by atoms with Gasteiger partial charge in [0.25, 0.3) is 0 Å². The molecule has 17 heavy (non-hydrogen) atoms. The number of carbonyl (C=O) groups is 1. The number of aliphatic carboxylic acids is 1. The monoisotopic (exact) mass is 243 g/mol. The zero-order valence-electron chi connectivity index (χ0n) is 11.4. The third kappa shape index (κ3) is 4.64. The molecule has 2 unspecified atom stereocenters. The summed E-state index contributed by atoms with van der Waals surface area (Å²) in [7, 11) is 0. The molecule has 0 amide bonds. The first kappa shape index (κ1) is 14.5. The Morgan fingerprint density at radius 2 is 2.12 bits per heavy atom. The number of rotatable bonds is 4. The van der Waals surface area contributed by atoms with Crippen molar-refractivity contribution in [2.45, 2.75) is 64.6 Å². The first-order chi connectivity index (χ1) is 7.80. The number of carboxylic acid groups (broad SMARTS) is 1. The molecule has 1 aliphatic heterocycles. The fraction of sp³-hybridized carbons (Fsp3) is 0.923. The molecule has 1 N–H and O–H groups in total. The Bertz CT molecular complexity index is 260. The SMILES string of the molecule is CC1CC(N(CCC(=O)O)C(C)(C)C)CCO1. The van der Waals surface area contributed by atoms with Crippen LogP contribution in [0.3, 0.4) is 0 Å². The first-order valence-corrected chi connectivity index (χ1v) is 6.41. The molecule has 1 fully saturated rings. The van der Waals surface area contributed by atoms with Crippen molar-refractivity contribution in [1.29, 1.82) is 0 Å². The molecule has 0 aliphatic carbocycles. The summed E-state index contributed by atoms with van der Waals surface area (Å²) in [5.74, 6) is -0.723. The van der Waals surface area contributed by atoms with Crippen molar-refractivity contribution in [2.75, 3.05) is 13.2 Å². The molecule has 0 radical (unpaired) electrons. The van der Waals surface area contributed by atoms with E-state index >= 15 is 0 Å². The average molecular weight is 243 g/mol. The number of carboxylic acids is 1. The van der Waals surface area contributed by atoms with Crippen LogP contribution in [0, 0.1) is 0 Å². The quantitative estimate of drug-likeness (QED) is 0.821. The lowest BCUT2D eigenvalue weighted by molar-refractivity contribution is -0.138. The number of nitrogens with zero attached hydrogens (tertiary/aromatic N) is 1. The molecule has 1 aliphatic rings. The van der Waals surface area contributed by atoms with E-state index in [0.29, 0.717) is 12.6 Å². The summed E-state index contributed by atoms with van der Waals surface area (Å²) in [5.41, 5.74) is 0.0111. The van der Waals surface area contributed by atoms with Crippen LogP contribution in [0.25, 0.3) is 0 Å². The van der Waals surface area contributed by atoms with Crippen LogP contribution < -0.4 is 0 Å². The van der Waals surface area contributed by atoms with Crippen molar-refractivity contribution >= 4 is 5.97 Å². The number of hydrogen-bond donors (Lipinski definition) is 1. The second kappa shape index (κ2) is 5.83. The van der Waals surface area contributed by atoms with Crippen molar-refractivity contribution in [3.63, 3.8) is 0 Å². The van der Waals surface area contributed by atoms with Gasteiger partial charge in [0.05, 0.1) is 12.5 Å². The van der Waals surface area contributed by atoms with Gasteiger partial charge >= 0.3 is 5.97 Å². The van der Waals surface area contributed by atoms with E-state index in [1.807, 2.05) is 0 Å². The number of ether oxygens (including phenoxy) is 1. The van der Waals surface area contributed by atoms with Crippen LogP contribution in [0.2, 0.25) is 0 Å². The van der Waals surface area contributed by atoms with Gasteiger partial charge in [0, 0.05) is 24.7 Å². The summed E-state index contributed by atoms with van der Waals surface area (Å²) >= 11 is 0. The maximum Gasteiger partial charge on any atom is 0.304 e. The Hall–Kier alpha value is -0.610. The predicted octanol–water partition coefficient (Wildman–Crippen LogP) is 2.13. The minimum absolute atomic E-state index is 0.0111. The molecule has 1 rings (SSSR count). The molecular formula is C13H25NO3. The van der Waals surface area contributed by atoms with Crippen LogP contribution in [0.15, 0.2) is 0 Å². The molecule has 1 heterocycles. The molecule has 1 saturated heterocycles. The van der Waals surface area contributed by atoms with Crippen LogP contribution in [-0.4, -0.2) is 46.8 Å². The van der Waals surface area contributed by atoms with Crippen LogP contribution in [-0.2, 0) is 9.53 Å². The maximum absolute atomic E-state index is 10.7. The Kier molecular flexibility index (Phi) is 4.95. The second-order valence-electron chi connectivity index (χ2n) is 5.87. The molecule has 0 bridgehead atoms. The zero-order valence-corrected chi connectivity index (χ0v) is 11.4. The molecule has 0 aromatic rings. The lowest BCUT2D eigenvalue weighted by Gasteiger charge is -2.44. The van der Waals surface area contributed by atoms with Gasteiger partial charge in [-0.15, -0.1) is 0 Å². The summed E-state index contributed by atoms with van der Waals surface area (Å²) in [6.45, 7) is 9.94. The highest BCUT2D eigenvalue weighted by molar-refractivity contribution is 5.66. The van der Waals surface area contributed by atoms with Crippen LogP contribution in [0.1, 0.15) is 47.0 Å². The van der Waals surface area contributed by atoms with Crippen molar-refractivity contribution in [3.8, 4) is 0 Å². The zero-order chi connectivity index (χ0) is 13.1. The van der Waals surface area contributed by atoms with E-state index in [4.69, 9.17) is 9.84 Å². The summed E-state index contributed by atoms with van der Waals surface area (Å²) in [6.07, 6.45) is 2.49. The van der Waals surface area contributed by atoms with Crippen molar-refractivity contribution in [3.05, 3.63) is 0 Å². The van der Waals surface area contributed by atoms with Gasteiger partial charge in [-0.25, -0.2) is 0 Å². The van der Waals surface area contributed by atoms with Gasteiger partial charge in [0.1, 0.15) is 0 Å².